The van der Waals surface area contributed by atoms with E-state index in [1.165, 1.54) is 7.11 Å². The first-order chi connectivity index (χ1) is 15.8. The van der Waals surface area contributed by atoms with E-state index in [0.717, 1.165) is 16.7 Å². The van der Waals surface area contributed by atoms with Gasteiger partial charge < -0.3 is 23.8 Å². The van der Waals surface area contributed by atoms with Crippen molar-refractivity contribution >= 4 is 63.5 Å². The third-order valence-electron chi connectivity index (χ3n) is 4.72. The lowest BCUT2D eigenvalue weighted by molar-refractivity contribution is -0.145. The first-order valence-electron chi connectivity index (χ1n) is 10.1. The number of nitrogens with zero attached hydrogens (tertiary/aromatic N) is 2. The summed E-state index contributed by atoms with van der Waals surface area (Å²) in [5, 5.41) is -0.496. The molecule has 0 radical (unpaired) electrons. The van der Waals surface area contributed by atoms with Gasteiger partial charge >= 0.3 is 5.97 Å². The molecule has 2 saturated heterocycles. The summed E-state index contributed by atoms with van der Waals surface area (Å²) in [7, 11) is 1.46. The Morgan fingerprint density at radius 2 is 1.97 bits per heavy atom. The Balaban J connectivity index is 1.73. The van der Waals surface area contributed by atoms with Crippen LogP contribution in [-0.2, 0) is 23.9 Å². The molecule has 0 saturated carbocycles. The number of hydrogen-bond acceptors (Lipinski definition) is 9. The van der Waals surface area contributed by atoms with E-state index in [9.17, 15) is 19.2 Å². The summed E-state index contributed by atoms with van der Waals surface area (Å²) in [4.78, 5) is 52.0. The van der Waals surface area contributed by atoms with Crippen LogP contribution in [0.25, 0.3) is 6.08 Å². The number of thioether (sulfide) groups is 1. The van der Waals surface area contributed by atoms with E-state index in [4.69, 9.17) is 18.9 Å². The molecule has 0 atom stereocenters. The Morgan fingerprint density at radius 1 is 1.24 bits per heavy atom. The molecular weight excluding hydrogens is 567 g/mol. The van der Waals surface area contributed by atoms with Crippen molar-refractivity contribution in [1.82, 2.24) is 9.80 Å². The largest absolute Gasteiger partial charge is 0.493 e. The van der Waals surface area contributed by atoms with Crippen LogP contribution in [0.4, 0.5) is 4.79 Å². The molecule has 3 rings (SSSR count). The lowest BCUT2D eigenvalue weighted by Crippen LogP contribution is -2.46. The molecular formula is C21H23IN2O8S. The topological polar surface area (TPSA) is 112 Å². The zero-order valence-electron chi connectivity index (χ0n) is 18.1. The average molecular weight is 590 g/mol. The maximum Gasteiger partial charge on any atom is 0.344 e. The molecule has 0 bridgehead atoms. The van der Waals surface area contributed by atoms with Crippen LogP contribution in [0.1, 0.15) is 12.5 Å². The van der Waals surface area contributed by atoms with Gasteiger partial charge in [0.15, 0.2) is 18.1 Å². The van der Waals surface area contributed by atoms with Crippen LogP contribution in [0, 0.1) is 3.57 Å². The van der Waals surface area contributed by atoms with Crippen molar-refractivity contribution in [3.63, 3.8) is 0 Å². The number of rotatable bonds is 8. The van der Waals surface area contributed by atoms with Crippen LogP contribution in [0.15, 0.2) is 17.0 Å². The molecule has 0 aliphatic carbocycles. The molecule has 1 aromatic rings. The standard InChI is InChI=1S/C21H23IN2O8S/c1-3-31-18(26)12-32-19-14(22)8-13(9-15(19)29-2)10-16-20(27)24(21(28)33-16)11-17(25)23-4-6-30-7-5-23/h8-10H,3-7,11-12H2,1-2H3/b16-10+. The SMILES string of the molecule is CCOC(=O)COc1c(I)cc(/C=C2/SC(=O)N(CC(=O)N3CCOCC3)C2=O)cc1OC. The minimum absolute atomic E-state index is 0.202. The van der Waals surface area contributed by atoms with Crippen molar-refractivity contribution in [2.24, 2.45) is 0 Å². The lowest BCUT2D eigenvalue weighted by atomic mass is 10.2. The summed E-state index contributed by atoms with van der Waals surface area (Å²) in [6, 6.07) is 3.37. The number of carbonyl (C=O) groups excluding carboxylic acids is 4. The fourth-order valence-corrected chi connectivity index (χ4v) is 4.75. The summed E-state index contributed by atoms with van der Waals surface area (Å²) >= 11 is 2.80. The fraction of sp³-hybridized carbons (Fsp3) is 0.429. The quantitative estimate of drug-likeness (QED) is 0.256. The molecule has 1 aromatic carbocycles. The van der Waals surface area contributed by atoms with Gasteiger partial charge in [-0.05, 0) is 65.0 Å². The van der Waals surface area contributed by atoms with Crippen molar-refractivity contribution in [2.45, 2.75) is 6.92 Å². The van der Waals surface area contributed by atoms with E-state index in [1.54, 1.807) is 30.0 Å². The highest BCUT2D eigenvalue weighted by Crippen LogP contribution is 2.37. The molecule has 0 N–H and O–H groups in total. The van der Waals surface area contributed by atoms with Crippen molar-refractivity contribution in [3.8, 4) is 11.5 Å². The number of methoxy groups -OCH3 is 1. The number of ether oxygens (including phenoxy) is 4. The molecule has 2 aliphatic heterocycles. The Morgan fingerprint density at radius 3 is 2.64 bits per heavy atom. The number of benzene rings is 1. The molecule has 0 spiro atoms. The maximum absolute atomic E-state index is 12.8. The van der Waals surface area contributed by atoms with Gasteiger partial charge in [-0.1, -0.05) is 0 Å². The highest BCUT2D eigenvalue weighted by atomic mass is 127. The highest BCUT2D eigenvalue weighted by molar-refractivity contribution is 14.1. The Bertz CT molecular complexity index is 977. The molecule has 178 valence electrons. The number of esters is 1. The number of amides is 3. The minimum atomic E-state index is -0.525. The van der Waals surface area contributed by atoms with Crippen molar-refractivity contribution < 1.29 is 38.1 Å². The first kappa shape index (κ1) is 25.3. The van der Waals surface area contributed by atoms with E-state index in [0.29, 0.717) is 46.9 Å². The Hall–Kier alpha value is -2.32. The summed E-state index contributed by atoms with van der Waals surface area (Å²) in [5.74, 6) is -0.587. The predicted molar refractivity (Wildman–Crippen MR) is 128 cm³/mol. The van der Waals surface area contributed by atoms with Crippen LogP contribution in [0.3, 0.4) is 0 Å². The van der Waals surface area contributed by atoms with Crippen molar-refractivity contribution in [1.29, 1.82) is 0 Å². The van der Waals surface area contributed by atoms with Gasteiger partial charge in [0.25, 0.3) is 11.1 Å². The number of carbonyl (C=O) groups is 4. The van der Waals surface area contributed by atoms with Crippen LogP contribution < -0.4 is 9.47 Å². The molecule has 33 heavy (non-hydrogen) atoms. The van der Waals surface area contributed by atoms with Gasteiger partial charge in [-0.25, -0.2) is 4.79 Å². The zero-order valence-corrected chi connectivity index (χ0v) is 21.1. The second kappa shape index (κ2) is 11.7. The van der Waals surface area contributed by atoms with E-state index in [-0.39, 0.29) is 30.6 Å². The van der Waals surface area contributed by atoms with Crippen LogP contribution in [0.5, 0.6) is 11.5 Å². The molecule has 10 nitrogen and oxygen atoms in total. The predicted octanol–water partition coefficient (Wildman–Crippen LogP) is 2.14. The van der Waals surface area contributed by atoms with Crippen molar-refractivity contribution in [3.05, 3.63) is 26.2 Å². The smallest absolute Gasteiger partial charge is 0.344 e. The maximum atomic E-state index is 12.8. The van der Waals surface area contributed by atoms with Gasteiger partial charge in [0, 0.05) is 13.1 Å². The van der Waals surface area contributed by atoms with Crippen LogP contribution in [0.2, 0.25) is 0 Å². The van der Waals surface area contributed by atoms with Gasteiger partial charge in [0.05, 0.1) is 35.4 Å². The second-order valence-corrected chi connectivity index (χ2v) is 9.04. The second-order valence-electron chi connectivity index (χ2n) is 6.89. The number of imide groups is 1. The van der Waals surface area contributed by atoms with Gasteiger partial charge in [-0.15, -0.1) is 0 Å². The summed E-state index contributed by atoms with van der Waals surface area (Å²) < 4.78 is 21.6. The molecule has 2 aliphatic rings. The summed E-state index contributed by atoms with van der Waals surface area (Å²) in [6.07, 6.45) is 1.56. The average Bonchev–Trinajstić information content (AvgIpc) is 3.06. The van der Waals surface area contributed by atoms with E-state index < -0.39 is 17.1 Å². The monoisotopic (exact) mass is 590 g/mol. The summed E-state index contributed by atoms with van der Waals surface area (Å²) in [6.45, 7) is 3.14. The molecule has 2 heterocycles. The third kappa shape index (κ3) is 6.38. The van der Waals surface area contributed by atoms with Crippen LogP contribution in [-0.4, -0.2) is 86.0 Å². The normalized spacial score (nSPS) is 17.5. The van der Waals surface area contributed by atoms with Gasteiger partial charge in [0.2, 0.25) is 5.91 Å². The molecule has 12 heteroatoms. The van der Waals surface area contributed by atoms with Crippen molar-refractivity contribution in [2.75, 3.05) is 53.2 Å². The zero-order chi connectivity index (χ0) is 24.0. The number of halogens is 1. The van der Waals surface area contributed by atoms with Gasteiger partial charge in [-0.3, -0.25) is 19.3 Å². The fourth-order valence-electron chi connectivity index (χ4n) is 3.13. The number of morpholine rings is 1. The van der Waals surface area contributed by atoms with Gasteiger partial charge in [0.1, 0.15) is 6.54 Å². The van der Waals surface area contributed by atoms with E-state index in [1.807, 2.05) is 22.6 Å². The summed E-state index contributed by atoms with van der Waals surface area (Å²) in [5.41, 5.74) is 0.602. The third-order valence-corrected chi connectivity index (χ3v) is 6.43. The van der Waals surface area contributed by atoms with E-state index >= 15 is 0 Å². The highest BCUT2D eigenvalue weighted by Gasteiger charge is 2.37. The minimum Gasteiger partial charge on any atom is -0.493 e. The Kier molecular flexibility index (Phi) is 8.97. The van der Waals surface area contributed by atoms with E-state index in [2.05, 4.69) is 0 Å². The molecule has 2 fully saturated rings. The molecule has 0 aromatic heterocycles. The van der Waals surface area contributed by atoms with Crippen LogP contribution >= 0.6 is 34.4 Å². The molecule has 0 unspecified atom stereocenters. The Labute approximate surface area is 208 Å². The van der Waals surface area contributed by atoms with Gasteiger partial charge in [-0.2, -0.15) is 0 Å². The first-order valence-corrected chi connectivity index (χ1v) is 12.0. The molecule has 3 amide bonds. The number of hydrogen-bond donors (Lipinski definition) is 0. The lowest BCUT2D eigenvalue weighted by Gasteiger charge is -2.28.